The van der Waals surface area contributed by atoms with Crippen LogP contribution in [0.1, 0.15) is 30.5 Å². The van der Waals surface area contributed by atoms with Crippen LogP contribution in [0.3, 0.4) is 0 Å². The van der Waals surface area contributed by atoms with Crippen molar-refractivity contribution in [3.05, 3.63) is 65.2 Å². The lowest BCUT2D eigenvalue weighted by atomic mass is 9.78. The summed E-state index contributed by atoms with van der Waals surface area (Å²) in [6.07, 6.45) is 0. The second kappa shape index (κ2) is 6.12. The average molecular weight is 358 g/mol. The Balaban J connectivity index is 2.27. The SMILES string of the molecule is Cc1ccc(C(C)(C)c2ccc(OS(=O)(=O)C(F)(F)F)cc2)cc1. The van der Waals surface area contributed by atoms with Crippen LogP contribution < -0.4 is 4.18 Å². The van der Waals surface area contributed by atoms with Gasteiger partial charge in [-0.2, -0.15) is 21.6 Å². The van der Waals surface area contributed by atoms with E-state index in [-0.39, 0.29) is 5.75 Å². The zero-order chi connectivity index (χ0) is 18.2. The van der Waals surface area contributed by atoms with Crippen molar-refractivity contribution in [2.24, 2.45) is 0 Å². The standard InChI is InChI=1S/C17H17F3O3S/c1-12-4-6-13(7-5-12)16(2,3)14-8-10-15(11-9-14)23-24(21,22)17(18,19)20/h4-11H,1-3H3. The van der Waals surface area contributed by atoms with Crippen LogP contribution >= 0.6 is 0 Å². The van der Waals surface area contributed by atoms with Gasteiger partial charge in [-0.3, -0.25) is 0 Å². The van der Waals surface area contributed by atoms with Crippen LogP contribution in [0.15, 0.2) is 48.5 Å². The van der Waals surface area contributed by atoms with Crippen LogP contribution in [0.2, 0.25) is 0 Å². The summed E-state index contributed by atoms with van der Waals surface area (Å²) in [6.45, 7) is 5.92. The fourth-order valence-electron chi connectivity index (χ4n) is 2.24. The summed E-state index contributed by atoms with van der Waals surface area (Å²) in [4.78, 5) is 0. The van der Waals surface area contributed by atoms with E-state index in [0.29, 0.717) is 0 Å². The minimum Gasteiger partial charge on any atom is -0.376 e. The molecule has 0 saturated heterocycles. The molecule has 0 aliphatic heterocycles. The van der Waals surface area contributed by atoms with Gasteiger partial charge in [0.05, 0.1) is 0 Å². The second-order valence-electron chi connectivity index (χ2n) is 6.00. The van der Waals surface area contributed by atoms with Gasteiger partial charge in [0.1, 0.15) is 5.75 Å². The van der Waals surface area contributed by atoms with Crippen LogP contribution in [0.25, 0.3) is 0 Å². The summed E-state index contributed by atoms with van der Waals surface area (Å²) in [5.74, 6) is -0.379. The van der Waals surface area contributed by atoms with Crippen molar-refractivity contribution in [1.29, 1.82) is 0 Å². The topological polar surface area (TPSA) is 43.4 Å². The Morgan fingerprint density at radius 2 is 1.25 bits per heavy atom. The third-order valence-electron chi connectivity index (χ3n) is 3.84. The molecule has 0 bridgehead atoms. The highest BCUT2D eigenvalue weighted by molar-refractivity contribution is 7.88. The summed E-state index contributed by atoms with van der Waals surface area (Å²) in [6, 6.07) is 13.5. The van der Waals surface area contributed by atoms with E-state index in [0.717, 1.165) is 16.7 Å². The van der Waals surface area contributed by atoms with E-state index in [4.69, 9.17) is 0 Å². The number of aryl methyl sites for hydroxylation is 1. The maximum absolute atomic E-state index is 12.3. The Morgan fingerprint density at radius 1 is 0.833 bits per heavy atom. The van der Waals surface area contributed by atoms with Gasteiger partial charge in [0, 0.05) is 5.41 Å². The van der Waals surface area contributed by atoms with E-state index in [9.17, 15) is 21.6 Å². The van der Waals surface area contributed by atoms with Crippen LogP contribution in [0.4, 0.5) is 13.2 Å². The highest BCUT2D eigenvalue weighted by Crippen LogP contribution is 2.33. The molecule has 0 atom stereocenters. The van der Waals surface area contributed by atoms with E-state index in [1.807, 2.05) is 45.0 Å². The van der Waals surface area contributed by atoms with Crippen LogP contribution in [-0.4, -0.2) is 13.9 Å². The lowest BCUT2D eigenvalue weighted by Crippen LogP contribution is -2.28. The molecule has 0 radical (unpaired) electrons. The lowest BCUT2D eigenvalue weighted by molar-refractivity contribution is -0.0500. The van der Waals surface area contributed by atoms with E-state index in [2.05, 4.69) is 4.18 Å². The number of hydrogen-bond acceptors (Lipinski definition) is 3. The zero-order valence-electron chi connectivity index (χ0n) is 13.4. The van der Waals surface area contributed by atoms with E-state index >= 15 is 0 Å². The van der Waals surface area contributed by atoms with Crippen molar-refractivity contribution >= 4 is 10.1 Å². The predicted molar refractivity (Wildman–Crippen MR) is 85.4 cm³/mol. The Hall–Kier alpha value is -2.02. The Labute approximate surface area is 139 Å². The molecule has 130 valence electrons. The molecule has 0 heterocycles. The largest absolute Gasteiger partial charge is 0.534 e. The molecule has 3 nitrogen and oxygen atoms in total. The molecule has 0 amide bonds. The summed E-state index contributed by atoms with van der Waals surface area (Å²) < 4.78 is 63.1. The van der Waals surface area contributed by atoms with Crippen LogP contribution in [0, 0.1) is 6.92 Å². The van der Waals surface area contributed by atoms with Crippen LogP contribution in [0.5, 0.6) is 5.75 Å². The highest BCUT2D eigenvalue weighted by Gasteiger charge is 2.48. The van der Waals surface area contributed by atoms with Gasteiger partial charge in [-0.25, -0.2) is 0 Å². The van der Waals surface area contributed by atoms with Crippen molar-refractivity contribution in [3.8, 4) is 5.75 Å². The molecule has 2 aromatic rings. The van der Waals surface area contributed by atoms with Gasteiger partial charge in [-0.05, 0) is 30.2 Å². The third-order valence-corrected chi connectivity index (χ3v) is 4.82. The summed E-state index contributed by atoms with van der Waals surface area (Å²) >= 11 is 0. The maximum Gasteiger partial charge on any atom is 0.534 e. The molecule has 2 aromatic carbocycles. The maximum atomic E-state index is 12.3. The molecule has 0 aromatic heterocycles. The zero-order valence-corrected chi connectivity index (χ0v) is 14.2. The minimum atomic E-state index is -5.66. The number of benzene rings is 2. The van der Waals surface area contributed by atoms with Gasteiger partial charge < -0.3 is 4.18 Å². The van der Waals surface area contributed by atoms with Gasteiger partial charge in [0.15, 0.2) is 0 Å². The fourth-order valence-corrected chi connectivity index (χ4v) is 2.70. The molecular formula is C17H17F3O3S. The Morgan fingerprint density at radius 3 is 1.67 bits per heavy atom. The number of hydrogen-bond donors (Lipinski definition) is 0. The highest BCUT2D eigenvalue weighted by atomic mass is 32.2. The molecule has 0 N–H and O–H groups in total. The third kappa shape index (κ3) is 3.72. The van der Waals surface area contributed by atoms with Crippen molar-refractivity contribution in [2.45, 2.75) is 31.7 Å². The van der Waals surface area contributed by atoms with Crippen molar-refractivity contribution in [3.63, 3.8) is 0 Å². The first-order chi connectivity index (χ1) is 10.9. The normalized spacial score (nSPS) is 12.9. The molecule has 24 heavy (non-hydrogen) atoms. The number of alkyl halides is 3. The van der Waals surface area contributed by atoms with Gasteiger partial charge in [0.2, 0.25) is 0 Å². The number of rotatable bonds is 4. The molecule has 0 unspecified atom stereocenters. The Bertz CT molecular complexity index is 806. The fraction of sp³-hybridized carbons (Fsp3) is 0.294. The van der Waals surface area contributed by atoms with Crippen molar-refractivity contribution in [1.82, 2.24) is 0 Å². The summed E-state index contributed by atoms with van der Waals surface area (Å²) in [5, 5.41) is 0. The first-order valence-corrected chi connectivity index (χ1v) is 8.53. The average Bonchev–Trinajstić information content (AvgIpc) is 2.46. The lowest BCUT2D eigenvalue weighted by Gasteiger charge is -2.26. The molecule has 0 saturated carbocycles. The smallest absolute Gasteiger partial charge is 0.376 e. The summed E-state index contributed by atoms with van der Waals surface area (Å²) in [5.41, 5.74) is -2.87. The molecule has 7 heteroatoms. The quantitative estimate of drug-likeness (QED) is 0.595. The monoisotopic (exact) mass is 358 g/mol. The molecule has 0 fully saturated rings. The van der Waals surface area contributed by atoms with Crippen molar-refractivity contribution < 1.29 is 25.8 Å². The van der Waals surface area contributed by atoms with Gasteiger partial charge in [-0.1, -0.05) is 55.8 Å². The first-order valence-electron chi connectivity index (χ1n) is 7.12. The van der Waals surface area contributed by atoms with Gasteiger partial charge in [-0.15, -0.1) is 0 Å². The molecule has 0 aliphatic rings. The number of halogens is 3. The predicted octanol–water partition coefficient (Wildman–Crippen LogP) is 4.55. The second-order valence-corrected chi connectivity index (χ2v) is 7.54. The van der Waals surface area contributed by atoms with E-state index < -0.39 is 21.0 Å². The first kappa shape index (κ1) is 18.3. The molecular weight excluding hydrogens is 341 g/mol. The molecule has 0 spiro atoms. The van der Waals surface area contributed by atoms with Gasteiger partial charge >= 0.3 is 15.6 Å². The van der Waals surface area contributed by atoms with E-state index in [1.54, 1.807) is 12.1 Å². The van der Waals surface area contributed by atoms with Crippen molar-refractivity contribution in [2.75, 3.05) is 0 Å². The summed E-state index contributed by atoms with van der Waals surface area (Å²) in [7, 11) is -5.66. The van der Waals surface area contributed by atoms with Gasteiger partial charge in [0.25, 0.3) is 0 Å². The Kier molecular flexibility index (Phi) is 4.68. The minimum absolute atomic E-state index is 0.379. The molecule has 2 rings (SSSR count). The van der Waals surface area contributed by atoms with Crippen LogP contribution in [-0.2, 0) is 15.5 Å². The van der Waals surface area contributed by atoms with E-state index in [1.165, 1.54) is 12.1 Å². The molecule has 0 aliphatic carbocycles.